The summed E-state index contributed by atoms with van der Waals surface area (Å²) in [6.07, 6.45) is 2.31. The third-order valence-corrected chi connectivity index (χ3v) is 8.75. The minimum absolute atomic E-state index is 0.0271. The smallest absolute Gasteiger partial charge is 0.261 e. The predicted octanol–water partition coefficient (Wildman–Crippen LogP) is 2.76. The molecule has 2 aromatic rings. The number of carbonyl (C=O) groups is 1. The Morgan fingerprint density at radius 1 is 1.25 bits per heavy atom. The largest absolute Gasteiger partial charge is 0.347 e. The molecule has 3 saturated heterocycles. The molecule has 1 aromatic carbocycles. The molecular weight excluding hydrogens is 414 g/mol. The average molecular weight is 438 g/mol. The van der Waals surface area contributed by atoms with E-state index in [9.17, 15) is 13.2 Å². The van der Waals surface area contributed by atoms with Gasteiger partial charge in [0.2, 0.25) is 10.0 Å². The first-order valence-electron chi connectivity index (χ1n) is 9.27. The van der Waals surface area contributed by atoms with Crippen LogP contribution in [-0.2, 0) is 10.0 Å². The molecule has 3 fully saturated rings. The van der Waals surface area contributed by atoms with Crippen LogP contribution in [0.3, 0.4) is 0 Å². The average Bonchev–Trinajstić information content (AvgIpc) is 3.13. The van der Waals surface area contributed by atoms with Crippen molar-refractivity contribution in [3.05, 3.63) is 41.3 Å². The maximum Gasteiger partial charge on any atom is 0.261 e. The van der Waals surface area contributed by atoms with E-state index < -0.39 is 10.0 Å². The normalized spacial score (nSPS) is 26.9. The molecule has 3 aliphatic heterocycles. The first-order valence-corrected chi connectivity index (χ1v) is 12.4. The molecule has 28 heavy (non-hydrogen) atoms. The van der Waals surface area contributed by atoms with Gasteiger partial charge in [-0.05, 0) is 69.1 Å². The minimum Gasteiger partial charge on any atom is -0.347 e. The molecule has 3 N–H and O–H groups in total. The summed E-state index contributed by atoms with van der Waals surface area (Å²) in [6, 6.07) is 10.8. The highest BCUT2D eigenvalue weighted by Gasteiger charge is 2.40. The van der Waals surface area contributed by atoms with Gasteiger partial charge in [0.05, 0.1) is 14.0 Å². The van der Waals surface area contributed by atoms with Crippen LogP contribution < -0.4 is 10.5 Å². The van der Waals surface area contributed by atoms with Gasteiger partial charge in [0.25, 0.3) is 5.91 Å². The molecule has 0 radical (unpaired) electrons. The monoisotopic (exact) mass is 437 g/mol. The van der Waals surface area contributed by atoms with E-state index in [-0.39, 0.29) is 16.8 Å². The van der Waals surface area contributed by atoms with Crippen LogP contribution >= 0.6 is 23.1 Å². The van der Waals surface area contributed by atoms with Gasteiger partial charge in [-0.3, -0.25) is 9.69 Å². The number of nitrogens with two attached hydrogens (primary N) is 1. The molecular formula is C19H23N3O3S3. The van der Waals surface area contributed by atoms with E-state index >= 15 is 0 Å². The number of fused-ring (bicyclic) bond motifs is 3. The van der Waals surface area contributed by atoms with Crippen LogP contribution in [0.4, 0.5) is 0 Å². The molecule has 3 aliphatic rings. The summed E-state index contributed by atoms with van der Waals surface area (Å²) in [6.45, 7) is 4.47. The number of piperidine rings is 3. The highest BCUT2D eigenvalue weighted by atomic mass is 32.2. The highest BCUT2D eigenvalue weighted by Crippen LogP contribution is 2.35. The van der Waals surface area contributed by atoms with Crippen molar-refractivity contribution in [1.29, 1.82) is 0 Å². The third-order valence-electron chi connectivity index (χ3n) is 5.63. The second-order valence-electron chi connectivity index (χ2n) is 7.35. The lowest BCUT2D eigenvalue weighted by Gasteiger charge is -2.49. The van der Waals surface area contributed by atoms with E-state index in [1.165, 1.54) is 29.2 Å². The van der Waals surface area contributed by atoms with E-state index in [0.29, 0.717) is 16.8 Å². The number of hydrogen-bond donors (Lipinski definition) is 2. The molecule has 5 rings (SSSR count). The molecule has 0 spiro atoms. The number of nitrogens with zero attached hydrogens (tertiary/aromatic N) is 1. The van der Waals surface area contributed by atoms with Crippen LogP contribution in [0.25, 0.3) is 0 Å². The Balaban J connectivity index is 1.44. The zero-order valence-corrected chi connectivity index (χ0v) is 17.9. The molecule has 2 bridgehead atoms. The van der Waals surface area contributed by atoms with Gasteiger partial charge >= 0.3 is 0 Å². The lowest BCUT2D eigenvalue weighted by atomic mass is 9.79. The van der Waals surface area contributed by atoms with Crippen molar-refractivity contribution in [3.8, 4) is 0 Å². The van der Waals surface area contributed by atoms with Gasteiger partial charge in [-0.25, -0.2) is 13.6 Å². The number of primary sulfonamides is 1. The van der Waals surface area contributed by atoms with Crippen molar-refractivity contribution in [2.24, 2.45) is 11.1 Å². The van der Waals surface area contributed by atoms with Gasteiger partial charge in [0.1, 0.15) is 0 Å². The number of benzene rings is 1. The van der Waals surface area contributed by atoms with Crippen LogP contribution in [0.1, 0.15) is 29.4 Å². The van der Waals surface area contributed by atoms with Gasteiger partial charge in [-0.1, -0.05) is 17.8 Å². The Hall–Kier alpha value is -1.39. The van der Waals surface area contributed by atoms with Crippen molar-refractivity contribution in [2.45, 2.75) is 45.8 Å². The number of sulfonamides is 1. The summed E-state index contributed by atoms with van der Waals surface area (Å²) in [5, 5.41) is 8.45. The zero-order chi connectivity index (χ0) is 19.9. The molecule has 0 unspecified atom stereocenters. The molecule has 0 saturated carbocycles. The van der Waals surface area contributed by atoms with E-state index in [0.717, 1.165) is 35.0 Å². The summed E-state index contributed by atoms with van der Waals surface area (Å²) in [4.78, 5) is 16.8. The number of nitrogens with one attached hydrogen (secondary N) is 1. The first-order chi connectivity index (χ1) is 13.3. The van der Waals surface area contributed by atoms with Gasteiger partial charge in [-0.15, -0.1) is 11.3 Å². The number of hydrogen-bond acceptors (Lipinski definition) is 6. The van der Waals surface area contributed by atoms with Crippen LogP contribution in [-0.4, -0.2) is 44.4 Å². The summed E-state index contributed by atoms with van der Waals surface area (Å²) in [5.41, 5.74) is 0. The van der Waals surface area contributed by atoms with Crippen molar-refractivity contribution in [1.82, 2.24) is 10.2 Å². The summed E-state index contributed by atoms with van der Waals surface area (Å²) in [7, 11) is -3.73. The molecule has 9 heteroatoms. The fraction of sp³-hybridized carbons (Fsp3) is 0.421. The maximum absolute atomic E-state index is 12.8. The number of amides is 1. The second kappa shape index (κ2) is 7.79. The Morgan fingerprint density at radius 2 is 2.00 bits per heavy atom. The Bertz CT molecular complexity index is 979. The molecule has 1 aromatic heterocycles. The molecule has 6 nitrogen and oxygen atoms in total. The standard InChI is InChI=1S/C19H23N3O3S3/c1-12-18(13-7-9-22(12)10-8-13)21-19(23)16-5-6-17(27-16)26-14-3-2-4-15(11-14)28(20,24)25/h2-6,11-13,18H,7-10H2,1H3,(H,21,23)(H2,20,24,25)/t12-,18-/m0/s1. The Morgan fingerprint density at radius 3 is 2.68 bits per heavy atom. The van der Waals surface area contributed by atoms with Crippen LogP contribution in [0.5, 0.6) is 0 Å². The SMILES string of the molecule is C[C@H]1[C@H](NC(=O)c2ccc(Sc3cccc(S(N)(=O)=O)c3)s2)C2CCN1CC2. The third kappa shape index (κ3) is 4.13. The fourth-order valence-corrected chi connectivity index (χ4v) is 6.80. The Labute approximate surface area is 173 Å². The molecule has 0 aliphatic carbocycles. The van der Waals surface area contributed by atoms with Crippen molar-refractivity contribution in [2.75, 3.05) is 13.1 Å². The van der Waals surface area contributed by atoms with E-state index in [4.69, 9.17) is 5.14 Å². The summed E-state index contributed by atoms with van der Waals surface area (Å²) in [5.74, 6) is 0.541. The van der Waals surface area contributed by atoms with Crippen LogP contribution in [0.15, 0.2) is 50.4 Å². The number of rotatable bonds is 5. The lowest BCUT2D eigenvalue weighted by Crippen LogP contribution is -2.62. The minimum atomic E-state index is -3.73. The fourth-order valence-electron chi connectivity index (χ4n) is 4.10. The van der Waals surface area contributed by atoms with Gasteiger partial charge < -0.3 is 5.32 Å². The highest BCUT2D eigenvalue weighted by molar-refractivity contribution is 8.01. The number of carbonyl (C=O) groups excluding carboxylic acids is 1. The van der Waals surface area contributed by atoms with Crippen LogP contribution in [0.2, 0.25) is 0 Å². The lowest BCUT2D eigenvalue weighted by molar-refractivity contribution is 0.0218. The molecule has 150 valence electrons. The quantitative estimate of drug-likeness (QED) is 0.750. The zero-order valence-electron chi connectivity index (χ0n) is 15.5. The topological polar surface area (TPSA) is 92.5 Å². The molecule has 1 amide bonds. The van der Waals surface area contributed by atoms with Gasteiger partial charge in [-0.2, -0.15) is 0 Å². The van der Waals surface area contributed by atoms with Crippen LogP contribution in [0, 0.1) is 5.92 Å². The second-order valence-corrected chi connectivity index (χ2v) is 11.4. The summed E-state index contributed by atoms with van der Waals surface area (Å²) >= 11 is 2.84. The predicted molar refractivity (Wildman–Crippen MR) is 111 cm³/mol. The van der Waals surface area contributed by atoms with E-state index in [1.54, 1.807) is 12.1 Å². The number of thiophene rings is 1. The van der Waals surface area contributed by atoms with E-state index in [1.807, 2.05) is 18.2 Å². The van der Waals surface area contributed by atoms with Gasteiger partial charge in [0, 0.05) is 17.0 Å². The van der Waals surface area contributed by atoms with E-state index in [2.05, 4.69) is 17.1 Å². The molecule has 4 heterocycles. The van der Waals surface area contributed by atoms with Crippen molar-refractivity contribution >= 4 is 39.0 Å². The molecule has 2 atom stereocenters. The maximum atomic E-state index is 12.8. The van der Waals surface area contributed by atoms with Crippen molar-refractivity contribution < 1.29 is 13.2 Å². The first kappa shape index (κ1) is 19.9. The van der Waals surface area contributed by atoms with Gasteiger partial charge in [0.15, 0.2) is 0 Å². The Kier molecular flexibility index (Phi) is 5.54. The van der Waals surface area contributed by atoms with Crippen molar-refractivity contribution in [3.63, 3.8) is 0 Å². The summed E-state index contributed by atoms with van der Waals surface area (Å²) < 4.78 is 24.0.